The Hall–Kier alpha value is -2.57. The molecule has 0 saturated heterocycles. The molecule has 1 rings (SSSR count). The first-order valence-corrected chi connectivity index (χ1v) is 6.23. The van der Waals surface area contributed by atoms with Crippen molar-refractivity contribution in [1.82, 2.24) is 10.2 Å². The largest absolute Gasteiger partial charge is 0.497 e. The third-order valence-corrected chi connectivity index (χ3v) is 2.92. The van der Waals surface area contributed by atoms with Crippen molar-refractivity contribution in [1.29, 1.82) is 0 Å². The van der Waals surface area contributed by atoms with Crippen molar-refractivity contribution in [2.45, 2.75) is 13.0 Å². The number of hydrogen-bond donors (Lipinski definition) is 2. The van der Waals surface area contributed by atoms with E-state index in [1.54, 1.807) is 24.3 Å². The van der Waals surface area contributed by atoms with Crippen LogP contribution in [0.4, 0.5) is 0 Å². The number of aliphatic carboxylic acids is 1. The zero-order valence-corrected chi connectivity index (χ0v) is 12.1. The Morgan fingerprint density at radius 2 is 1.86 bits per heavy atom. The fourth-order valence-corrected chi connectivity index (χ4v) is 1.62. The topological polar surface area (TPSA) is 95.9 Å². The van der Waals surface area contributed by atoms with E-state index in [0.29, 0.717) is 11.3 Å². The summed E-state index contributed by atoms with van der Waals surface area (Å²) in [4.78, 5) is 35.3. The highest BCUT2D eigenvalue weighted by Crippen LogP contribution is 2.18. The van der Waals surface area contributed by atoms with E-state index in [2.05, 4.69) is 5.32 Å². The summed E-state index contributed by atoms with van der Waals surface area (Å²) < 4.78 is 4.99. The van der Waals surface area contributed by atoms with Crippen LogP contribution in [-0.2, 0) is 14.4 Å². The highest BCUT2D eigenvalue weighted by Gasteiger charge is 2.22. The maximum absolute atomic E-state index is 11.8. The van der Waals surface area contributed by atoms with Crippen molar-refractivity contribution in [3.63, 3.8) is 0 Å². The number of amides is 2. The van der Waals surface area contributed by atoms with Crippen molar-refractivity contribution in [3.8, 4) is 5.75 Å². The number of benzene rings is 1. The van der Waals surface area contributed by atoms with Crippen LogP contribution in [0.5, 0.6) is 5.75 Å². The Kier molecular flexibility index (Phi) is 5.71. The molecule has 0 radical (unpaired) electrons. The number of carbonyl (C=O) groups excluding carboxylic acids is 2. The Labute approximate surface area is 122 Å². The minimum Gasteiger partial charge on any atom is -0.497 e. The van der Waals surface area contributed by atoms with E-state index in [1.165, 1.54) is 26.0 Å². The third kappa shape index (κ3) is 4.79. The predicted octanol–water partition coefficient (Wildman–Crippen LogP) is 0.415. The number of methoxy groups -OCH3 is 1. The molecular weight excluding hydrogens is 276 g/mol. The van der Waals surface area contributed by atoms with Gasteiger partial charge >= 0.3 is 5.97 Å². The van der Waals surface area contributed by atoms with E-state index < -0.39 is 17.9 Å². The summed E-state index contributed by atoms with van der Waals surface area (Å²) in [6.07, 6.45) is 0. The monoisotopic (exact) mass is 294 g/mol. The van der Waals surface area contributed by atoms with Crippen LogP contribution in [0.15, 0.2) is 24.3 Å². The normalized spacial score (nSPS) is 11.4. The Morgan fingerprint density at radius 3 is 2.29 bits per heavy atom. The molecule has 1 atom stereocenters. The second kappa shape index (κ2) is 7.28. The predicted molar refractivity (Wildman–Crippen MR) is 74.8 cm³/mol. The van der Waals surface area contributed by atoms with Crippen molar-refractivity contribution in [2.75, 3.05) is 20.7 Å². The molecule has 7 heteroatoms. The molecule has 0 fully saturated rings. The smallest absolute Gasteiger partial charge is 0.330 e. The van der Waals surface area contributed by atoms with Gasteiger partial charge in [-0.05, 0) is 17.7 Å². The van der Waals surface area contributed by atoms with Crippen LogP contribution in [0.3, 0.4) is 0 Å². The minimum absolute atomic E-state index is 0.199. The fourth-order valence-electron chi connectivity index (χ4n) is 1.62. The maximum Gasteiger partial charge on any atom is 0.330 e. The summed E-state index contributed by atoms with van der Waals surface area (Å²) >= 11 is 0. The van der Waals surface area contributed by atoms with E-state index in [1.807, 2.05) is 0 Å². The zero-order chi connectivity index (χ0) is 16.0. The second-order valence-electron chi connectivity index (χ2n) is 4.49. The van der Waals surface area contributed by atoms with Gasteiger partial charge in [-0.2, -0.15) is 0 Å². The molecule has 0 aromatic heterocycles. The first-order valence-electron chi connectivity index (χ1n) is 6.23. The molecule has 0 aliphatic heterocycles. The first-order chi connectivity index (χ1) is 9.85. The summed E-state index contributed by atoms with van der Waals surface area (Å²) in [5, 5.41) is 11.6. The average molecular weight is 294 g/mol. The summed E-state index contributed by atoms with van der Waals surface area (Å²) in [6.45, 7) is 1.13. The molecule has 0 aliphatic carbocycles. The van der Waals surface area contributed by atoms with Gasteiger partial charge in [-0.15, -0.1) is 0 Å². The van der Waals surface area contributed by atoms with Crippen molar-refractivity contribution >= 4 is 17.8 Å². The number of rotatable bonds is 6. The van der Waals surface area contributed by atoms with Gasteiger partial charge in [0.15, 0.2) is 6.04 Å². The fraction of sp³-hybridized carbons (Fsp3) is 0.357. The molecule has 2 amide bonds. The molecule has 0 spiro atoms. The van der Waals surface area contributed by atoms with E-state index in [0.717, 1.165) is 0 Å². The minimum atomic E-state index is -1.18. The lowest BCUT2D eigenvalue weighted by Crippen LogP contribution is -2.41. The van der Waals surface area contributed by atoms with Crippen LogP contribution in [0.25, 0.3) is 0 Å². The number of nitrogens with one attached hydrogen (secondary N) is 1. The van der Waals surface area contributed by atoms with E-state index >= 15 is 0 Å². The van der Waals surface area contributed by atoms with Gasteiger partial charge < -0.3 is 20.1 Å². The van der Waals surface area contributed by atoms with Crippen LogP contribution in [0, 0.1) is 0 Å². The van der Waals surface area contributed by atoms with Gasteiger partial charge in [0.2, 0.25) is 11.8 Å². The van der Waals surface area contributed by atoms with Gasteiger partial charge in [0.1, 0.15) is 5.75 Å². The van der Waals surface area contributed by atoms with Crippen LogP contribution >= 0.6 is 0 Å². The lowest BCUT2D eigenvalue weighted by atomic mass is 10.1. The number of carbonyl (C=O) groups is 3. The number of carboxylic acids is 1. The molecule has 0 saturated carbocycles. The number of hydrogen-bond acceptors (Lipinski definition) is 4. The van der Waals surface area contributed by atoms with Gasteiger partial charge in [-0.25, -0.2) is 4.79 Å². The summed E-state index contributed by atoms with van der Waals surface area (Å²) in [7, 11) is 2.97. The number of carboxylic acid groups (broad SMARTS) is 1. The lowest BCUT2D eigenvalue weighted by molar-refractivity contribution is -0.142. The highest BCUT2D eigenvalue weighted by atomic mass is 16.5. The number of ether oxygens (including phenoxy) is 1. The summed E-state index contributed by atoms with van der Waals surface area (Å²) in [5.74, 6) is -1.41. The molecule has 1 aromatic rings. The van der Waals surface area contributed by atoms with Crippen LogP contribution < -0.4 is 10.1 Å². The molecule has 1 aromatic carbocycles. The Morgan fingerprint density at radius 1 is 1.29 bits per heavy atom. The summed E-state index contributed by atoms with van der Waals surface area (Å²) in [6, 6.07) is 5.17. The van der Waals surface area contributed by atoms with Crippen molar-refractivity contribution < 1.29 is 24.2 Å². The quantitative estimate of drug-likeness (QED) is 0.792. The van der Waals surface area contributed by atoms with Crippen LogP contribution in [-0.4, -0.2) is 48.5 Å². The average Bonchev–Trinajstić information content (AvgIpc) is 2.44. The molecule has 0 heterocycles. The van der Waals surface area contributed by atoms with Gasteiger partial charge in [-0.1, -0.05) is 12.1 Å². The number of nitrogens with zero attached hydrogens (tertiary/aromatic N) is 1. The van der Waals surface area contributed by atoms with Gasteiger partial charge in [-0.3, -0.25) is 9.59 Å². The lowest BCUT2D eigenvalue weighted by Gasteiger charge is -2.18. The van der Waals surface area contributed by atoms with Gasteiger partial charge in [0.25, 0.3) is 0 Å². The SMILES string of the molecule is COc1ccc(C(NC(=O)CN(C)C(C)=O)C(=O)O)cc1. The highest BCUT2D eigenvalue weighted by molar-refractivity contribution is 5.87. The van der Waals surface area contributed by atoms with Crippen LogP contribution in [0.2, 0.25) is 0 Å². The maximum atomic E-state index is 11.8. The third-order valence-electron chi connectivity index (χ3n) is 2.92. The summed E-state index contributed by atoms with van der Waals surface area (Å²) in [5.41, 5.74) is 0.419. The van der Waals surface area contributed by atoms with E-state index in [9.17, 15) is 19.5 Å². The molecule has 7 nitrogen and oxygen atoms in total. The van der Waals surface area contributed by atoms with E-state index in [-0.39, 0.29) is 12.5 Å². The van der Waals surface area contributed by atoms with E-state index in [4.69, 9.17) is 4.74 Å². The van der Waals surface area contributed by atoms with Crippen LogP contribution in [0.1, 0.15) is 18.5 Å². The Balaban J connectivity index is 2.80. The molecule has 2 N–H and O–H groups in total. The molecule has 21 heavy (non-hydrogen) atoms. The molecular formula is C14H18N2O5. The van der Waals surface area contributed by atoms with Crippen molar-refractivity contribution in [3.05, 3.63) is 29.8 Å². The molecule has 1 unspecified atom stereocenters. The molecule has 0 aliphatic rings. The van der Waals surface area contributed by atoms with Gasteiger partial charge in [0.05, 0.1) is 13.7 Å². The Bertz CT molecular complexity index is 527. The van der Waals surface area contributed by atoms with Crippen molar-refractivity contribution in [2.24, 2.45) is 0 Å². The number of likely N-dealkylation sites (N-methyl/N-ethyl adjacent to an activating group) is 1. The standard InChI is InChI=1S/C14H18N2O5/c1-9(17)16(2)8-12(18)15-13(14(19)20)10-4-6-11(21-3)7-5-10/h4-7,13H,8H2,1-3H3,(H,15,18)(H,19,20). The molecule has 114 valence electrons. The van der Waals surface area contributed by atoms with Gasteiger partial charge in [0, 0.05) is 14.0 Å². The second-order valence-corrected chi connectivity index (χ2v) is 4.49. The molecule has 0 bridgehead atoms. The zero-order valence-electron chi connectivity index (χ0n) is 12.1. The first kappa shape index (κ1) is 16.5.